The first kappa shape index (κ1) is 21.9. The maximum absolute atomic E-state index is 6.93. The van der Waals surface area contributed by atoms with E-state index in [0.29, 0.717) is 0 Å². The highest BCUT2D eigenvalue weighted by Crippen LogP contribution is 2.52. The first-order valence-corrected chi connectivity index (χ1v) is 12.1. The second-order valence-corrected chi connectivity index (χ2v) is 12.1. The summed E-state index contributed by atoms with van der Waals surface area (Å²) in [6.45, 7) is 18.3. The smallest absolute Gasteiger partial charge is 0.257 e. The zero-order valence-corrected chi connectivity index (χ0v) is 21.6. The van der Waals surface area contributed by atoms with E-state index in [1.54, 1.807) is 0 Å². The Morgan fingerprint density at radius 2 is 1.61 bits per heavy atom. The topological polar surface area (TPSA) is 13.1 Å². The predicted octanol–water partition coefficient (Wildman–Crippen LogP) is 8.09. The van der Waals surface area contributed by atoms with Crippen LogP contribution in [0, 0.1) is 19.3 Å². The summed E-state index contributed by atoms with van der Waals surface area (Å²) in [4.78, 5) is 0. The van der Waals surface area contributed by atoms with E-state index < -0.39 is 0 Å². The third-order valence-corrected chi connectivity index (χ3v) is 7.03. The Kier molecular flexibility index (Phi) is 4.70. The number of aryl methyl sites for hydroxylation is 2. The number of rotatable bonds is 1. The van der Waals surface area contributed by atoms with Crippen LogP contribution in [0.1, 0.15) is 63.8 Å². The molecule has 33 heavy (non-hydrogen) atoms. The normalized spacial score (nSPS) is 13.4. The highest BCUT2D eigenvalue weighted by atomic mass is 16.5. The van der Waals surface area contributed by atoms with Crippen molar-refractivity contribution in [3.05, 3.63) is 64.7 Å². The summed E-state index contributed by atoms with van der Waals surface area (Å²) in [5.41, 5.74) is 9.20. The summed E-state index contributed by atoms with van der Waals surface area (Å²) in [5, 5.41) is 3.79. The third kappa shape index (κ3) is 3.42. The van der Waals surface area contributed by atoms with Crippen molar-refractivity contribution in [2.24, 2.45) is 12.5 Å². The molecule has 5 rings (SSSR count). The average Bonchev–Trinajstić information content (AvgIpc) is 2.69. The maximum Gasteiger partial charge on any atom is 0.257 e. The molecule has 0 amide bonds. The largest absolute Gasteiger partial charge is 0.449 e. The molecule has 2 heteroatoms. The number of aromatic nitrogens is 1. The van der Waals surface area contributed by atoms with Crippen LogP contribution in [0.15, 0.2) is 42.5 Å². The number of hydrogen-bond acceptors (Lipinski definition) is 1. The van der Waals surface area contributed by atoms with Gasteiger partial charge in [0.15, 0.2) is 0 Å². The van der Waals surface area contributed by atoms with Gasteiger partial charge in [-0.25, -0.2) is 0 Å². The molecule has 4 aromatic rings. The highest BCUT2D eigenvalue weighted by molar-refractivity contribution is 6.06. The minimum atomic E-state index is -0.0602. The molecule has 1 aromatic heterocycles. The SMILES string of the molecule is Cc1cc2cc(CC(C)(C)C)cc3c2c(c1C)-c1c(c(C(C)(C)C)c2ccccc2[n+]1C)O3. The van der Waals surface area contributed by atoms with Crippen LogP contribution >= 0.6 is 0 Å². The Labute approximate surface area is 198 Å². The molecule has 2 heterocycles. The van der Waals surface area contributed by atoms with Crippen molar-refractivity contribution >= 4 is 21.7 Å². The van der Waals surface area contributed by atoms with Crippen molar-refractivity contribution in [3.8, 4) is 22.8 Å². The van der Waals surface area contributed by atoms with E-state index in [1.807, 2.05) is 0 Å². The van der Waals surface area contributed by atoms with Crippen LogP contribution in [-0.2, 0) is 18.9 Å². The van der Waals surface area contributed by atoms with Gasteiger partial charge in [0, 0.05) is 17.0 Å². The lowest BCUT2D eigenvalue weighted by Gasteiger charge is -2.30. The number of benzene rings is 3. The molecular weight excluding hydrogens is 402 g/mol. The van der Waals surface area contributed by atoms with Crippen LogP contribution in [0.25, 0.3) is 32.9 Å². The molecule has 0 unspecified atom stereocenters. The van der Waals surface area contributed by atoms with Gasteiger partial charge in [0.05, 0.1) is 10.9 Å². The molecule has 0 radical (unpaired) electrons. The van der Waals surface area contributed by atoms with Gasteiger partial charge in [-0.3, -0.25) is 0 Å². The number of pyridine rings is 1. The summed E-state index contributed by atoms with van der Waals surface area (Å²) < 4.78 is 9.27. The Morgan fingerprint density at radius 1 is 0.909 bits per heavy atom. The van der Waals surface area contributed by atoms with Crippen LogP contribution in [0.5, 0.6) is 11.5 Å². The second kappa shape index (κ2) is 7.06. The number of hydrogen-bond donors (Lipinski definition) is 0. The summed E-state index contributed by atoms with van der Waals surface area (Å²) in [6, 6.07) is 15.7. The molecule has 3 aromatic carbocycles. The monoisotopic (exact) mass is 438 g/mol. The van der Waals surface area contributed by atoms with E-state index in [0.717, 1.165) is 17.9 Å². The van der Waals surface area contributed by atoms with Crippen molar-refractivity contribution < 1.29 is 9.30 Å². The van der Waals surface area contributed by atoms with Gasteiger partial charge in [-0.05, 0) is 65.3 Å². The van der Waals surface area contributed by atoms with Crippen LogP contribution < -0.4 is 9.30 Å². The molecule has 1 aliphatic rings. The molecule has 2 nitrogen and oxygen atoms in total. The van der Waals surface area contributed by atoms with E-state index in [-0.39, 0.29) is 10.8 Å². The summed E-state index contributed by atoms with van der Waals surface area (Å²) in [5.74, 6) is 2.01. The first-order chi connectivity index (χ1) is 15.4. The molecule has 0 saturated heterocycles. The fraction of sp³-hybridized carbons (Fsp3) is 0.387. The van der Waals surface area contributed by atoms with Gasteiger partial charge in [0.1, 0.15) is 12.8 Å². The van der Waals surface area contributed by atoms with E-state index in [9.17, 15) is 0 Å². The van der Waals surface area contributed by atoms with E-state index in [2.05, 4.69) is 109 Å². The quantitative estimate of drug-likeness (QED) is 0.241. The minimum absolute atomic E-state index is 0.0602. The fourth-order valence-corrected chi connectivity index (χ4v) is 5.62. The first-order valence-electron chi connectivity index (χ1n) is 12.1. The van der Waals surface area contributed by atoms with Crippen molar-refractivity contribution in [3.63, 3.8) is 0 Å². The lowest BCUT2D eigenvalue weighted by atomic mass is 9.80. The second-order valence-electron chi connectivity index (χ2n) is 12.1. The Morgan fingerprint density at radius 3 is 2.27 bits per heavy atom. The number of para-hydroxylation sites is 1. The van der Waals surface area contributed by atoms with Gasteiger partial charge in [0.2, 0.25) is 11.3 Å². The molecule has 0 fully saturated rings. The molecule has 0 atom stereocenters. The Bertz CT molecular complexity index is 1450. The van der Waals surface area contributed by atoms with Crippen LogP contribution in [0.3, 0.4) is 0 Å². The van der Waals surface area contributed by atoms with E-state index >= 15 is 0 Å². The van der Waals surface area contributed by atoms with Gasteiger partial charge in [-0.1, -0.05) is 65.8 Å². The standard InChI is InChI=1S/C31H36NO/c1-18-14-21-15-20(17-30(3,4)5)16-24-26(21)25(19(18)2)28-29(33-24)27(31(6,7)8)22-12-10-11-13-23(22)32(28)9/h10-16H,17H2,1-9H3/q+1. The molecule has 0 spiro atoms. The van der Waals surface area contributed by atoms with Gasteiger partial charge in [0.25, 0.3) is 5.69 Å². The van der Waals surface area contributed by atoms with Gasteiger partial charge in [-0.2, -0.15) is 4.57 Å². The average molecular weight is 439 g/mol. The molecule has 1 aliphatic heterocycles. The van der Waals surface area contributed by atoms with Gasteiger partial charge < -0.3 is 4.74 Å². The third-order valence-electron chi connectivity index (χ3n) is 7.03. The number of ether oxygens (including phenoxy) is 1. The van der Waals surface area contributed by atoms with Crippen LogP contribution in [-0.4, -0.2) is 0 Å². The molecular formula is C31H36NO+. The molecule has 0 N–H and O–H groups in total. The Balaban J connectivity index is 1.97. The minimum Gasteiger partial charge on any atom is -0.449 e. The zero-order valence-electron chi connectivity index (χ0n) is 21.6. The zero-order chi connectivity index (χ0) is 23.9. The molecule has 0 saturated carbocycles. The summed E-state index contributed by atoms with van der Waals surface area (Å²) in [6.07, 6.45) is 1.02. The van der Waals surface area contributed by atoms with Crippen molar-refractivity contribution in [2.45, 2.75) is 67.2 Å². The predicted molar refractivity (Wildman–Crippen MR) is 139 cm³/mol. The molecule has 170 valence electrons. The van der Waals surface area contributed by atoms with Crippen molar-refractivity contribution in [1.82, 2.24) is 0 Å². The molecule has 0 aliphatic carbocycles. The summed E-state index contributed by atoms with van der Waals surface area (Å²) in [7, 11) is 2.18. The molecule has 0 bridgehead atoms. The number of fused-ring (bicyclic) bond motifs is 3. The maximum atomic E-state index is 6.93. The Hall–Kier alpha value is -2.87. The van der Waals surface area contributed by atoms with Gasteiger partial charge >= 0.3 is 0 Å². The lowest BCUT2D eigenvalue weighted by molar-refractivity contribution is -0.633. The highest BCUT2D eigenvalue weighted by Gasteiger charge is 2.37. The van der Waals surface area contributed by atoms with Gasteiger partial charge in [-0.15, -0.1) is 0 Å². The van der Waals surface area contributed by atoms with E-state index in [1.165, 1.54) is 55.2 Å². The van der Waals surface area contributed by atoms with Crippen molar-refractivity contribution in [1.29, 1.82) is 0 Å². The summed E-state index contributed by atoms with van der Waals surface area (Å²) >= 11 is 0. The van der Waals surface area contributed by atoms with Crippen LogP contribution in [0.2, 0.25) is 0 Å². The van der Waals surface area contributed by atoms with E-state index in [4.69, 9.17) is 4.74 Å². The van der Waals surface area contributed by atoms with Crippen molar-refractivity contribution in [2.75, 3.05) is 0 Å². The van der Waals surface area contributed by atoms with Crippen LogP contribution in [0.4, 0.5) is 0 Å². The number of nitrogens with zero attached hydrogens (tertiary/aromatic N) is 1. The lowest BCUT2D eigenvalue weighted by Crippen LogP contribution is -2.35. The fourth-order valence-electron chi connectivity index (χ4n) is 5.62.